The van der Waals surface area contributed by atoms with Crippen molar-refractivity contribution >= 4 is 17.1 Å². The number of hydrogen-bond acceptors (Lipinski definition) is 4. The molecule has 6 heteroatoms. The van der Waals surface area contributed by atoms with Crippen LogP contribution in [0.3, 0.4) is 0 Å². The van der Waals surface area contributed by atoms with Gasteiger partial charge < -0.3 is 9.88 Å². The van der Waals surface area contributed by atoms with Crippen LogP contribution >= 0.6 is 0 Å². The average molecular weight is 347 g/mol. The minimum atomic E-state index is -0.154. The number of benzene rings is 1. The van der Waals surface area contributed by atoms with Crippen LogP contribution in [0.5, 0.6) is 0 Å². The first kappa shape index (κ1) is 17.6. The summed E-state index contributed by atoms with van der Waals surface area (Å²) in [5.41, 5.74) is 2.84. The van der Waals surface area contributed by atoms with Crippen molar-refractivity contribution in [3.63, 3.8) is 0 Å². The molecular formula is C20H21N5O. The quantitative estimate of drug-likeness (QED) is 0.743. The Bertz CT molecular complexity index is 950. The molecule has 2 heterocycles. The normalized spacial score (nSPS) is 10.8. The van der Waals surface area contributed by atoms with Gasteiger partial charge in [-0.25, -0.2) is 9.97 Å². The highest BCUT2D eigenvalue weighted by atomic mass is 16.1. The van der Waals surface area contributed by atoms with E-state index in [1.165, 1.54) is 0 Å². The molecule has 0 atom stereocenters. The summed E-state index contributed by atoms with van der Waals surface area (Å²) in [5, 5.41) is 11.7. The number of amides is 1. The highest BCUT2D eigenvalue weighted by Crippen LogP contribution is 2.16. The smallest absolute Gasteiger partial charge is 0.251 e. The molecule has 1 N–H and O–H groups in total. The van der Waals surface area contributed by atoms with E-state index in [2.05, 4.69) is 33.7 Å². The second kappa shape index (κ2) is 7.79. The van der Waals surface area contributed by atoms with E-state index in [1.807, 2.05) is 18.2 Å². The van der Waals surface area contributed by atoms with Crippen LogP contribution in [0.4, 0.5) is 0 Å². The number of carbonyl (C=O) groups excluding carboxylic acids is 1. The van der Waals surface area contributed by atoms with Gasteiger partial charge in [0.25, 0.3) is 5.91 Å². The Morgan fingerprint density at radius 2 is 2.04 bits per heavy atom. The van der Waals surface area contributed by atoms with Gasteiger partial charge in [0, 0.05) is 31.3 Å². The minimum absolute atomic E-state index is 0.154. The molecule has 0 aliphatic carbocycles. The SMILES string of the molecule is CC(C)Cn1c(CCNC(=O)c2ccc(C#N)cc2)nc2cccnc21. The Morgan fingerprint density at radius 3 is 2.73 bits per heavy atom. The van der Waals surface area contributed by atoms with Gasteiger partial charge in [0.15, 0.2) is 5.65 Å². The van der Waals surface area contributed by atoms with Crippen LogP contribution in [0, 0.1) is 17.2 Å². The first-order valence-corrected chi connectivity index (χ1v) is 8.67. The maximum atomic E-state index is 12.2. The number of imidazole rings is 1. The predicted octanol–water partition coefficient (Wildman–Crippen LogP) is 2.93. The third-order valence-corrected chi connectivity index (χ3v) is 4.04. The molecule has 1 aromatic carbocycles. The second-order valence-corrected chi connectivity index (χ2v) is 6.57. The van der Waals surface area contributed by atoms with E-state index in [-0.39, 0.29) is 5.91 Å². The number of nitrogens with one attached hydrogen (secondary N) is 1. The summed E-state index contributed by atoms with van der Waals surface area (Å²) in [6, 6.07) is 12.5. The number of carbonyl (C=O) groups is 1. The van der Waals surface area contributed by atoms with Crippen LogP contribution < -0.4 is 5.32 Å². The summed E-state index contributed by atoms with van der Waals surface area (Å²) in [6.45, 7) is 5.64. The molecule has 3 aromatic rings. The molecule has 0 fully saturated rings. The third kappa shape index (κ3) is 3.89. The molecule has 0 aliphatic heterocycles. The Balaban J connectivity index is 1.69. The summed E-state index contributed by atoms with van der Waals surface area (Å²) in [7, 11) is 0. The number of hydrogen-bond donors (Lipinski definition) is 1. The maximum Gasteiger partial charge on any atom is 0.251 e. The zero-order valence-corrected chi connectivity index (χ0v) is 14.9. The zero-order valence-electron chi connectivity index (χ0n) is 14.9. The van der Waals surface area contributed by atoms with Gasteiger partial charge in [0.05, 0.1) is 11.6 Å². The lowest BCUT2D eigenvalue weighted by atomic mass is 10.1. The summed E-state index contributed by atoms with van der Waals surface area (Å²) in [6.07, 6.45) is 2.41. The van der Waals surface area contributed by atoms with E-state index in [0.29, 0.717) is 30.0 Å². The van der Waals surface area contributed by atoms with Crippen LogP contribution in [0.2, 0.25) is 0 Å². The number of aromatic nitrogens is 3. The number of fused-ring (bicyclic) bond motifs is 1. The topological polar surface area (TPSA) is 83.6 Å². The first-order chi connectivity index (χ1) is 12.6. The van der Waals surface area contributed by atoms with Gasteiger partial charge in [0.1, 0.15) is 11.3 Å². The van der Waals surface area contributed by atoms with Crippen LogP contribution in [0.1, 0.15) is 35.6 Å². The molecule has 0 bridgehead atoms. The van der Waals surface area contributed by atoms with E-state index in [9.17, 15) is 4.79 Å². The van der Waals surface area contributed by atoms with Crippen molar-refractivity contribution in [2.45, 2.75) is 26.8 Å². The van der Waals surface area contributed by atoms with Crippen LogP contribution in [-0.4, -0.2) is 27.0 Å². The number of pyridine rings is 1. The molecule has 0 aliphatic rings. The Labute approximate surface area is 152 Å². The molecular weight excluding hydrogens is 326 g/mol. The Hall–Kier alpha value is -3.20. The fourth-order valence-electron chi connectivity index (χ4n) is 2.84. The van der Waals surface area contributed by atoms with Crippen molar-refractivity contribution < 1.29 is 4.79 Å². The Morgan fingerprint density at radius 1 is 1.27 bits per heavy atom. The number of nitriles is 1. The fraction of sp³-hybridized carbons (Fsp3) is 0.300. The highest BCUT2D eigenvalue weighted by molar-refractivity contribution is 5.94. The molecule has 0 saturated carbocycles. The first-order valence-electron chi connectivity index (χ1n) is 8.67. The fourth-order valence-corrected chi connectivity index (χ4v) is 2.84. The van der Waals surface area contributed by atoms with Crippen molar-refractivity contribution in [3.05, 3.63) is 59.5 Å². The third-order valence-electron chi connectivity index (χ3n) is 4.04. The lowest BCUT2D eigenvalue weighted by molar-refractivity contribution is 0.0954. The average Bonchev–Trinajstić information content (AvgIpc) is 2.99. The van der Waals surface area contributed by atoms with E-state index >= 15 is 0 Å². The van der Waals surface area contributed by atoms with Gasteiger partial charge in [-0.05, 0) is 42.3 Å². The molecule has 0 unspecified atom stereocenters. The number of nitrogens with zero attached hydrogens (tertiary/aromatic N) is 4. The number of rotatable bonds is 6. The molecule has 1 amide bonds. The molecule has 2 aromatic heterocycles. The summed E-state index contributed by atoms with van der Waals surface area (Å²) >= 11 is 0. The maximum absolute atomic E-state index is 12.2. The van der Waals surface area contributed by atoms with Gasteiger partial charge in [-0.3, -0.25) is 4.79 Å². The molecule has 6 nitrogen and oxygen atoms in total. The Kier molecular flexibility index (Phi) is 5.28. The standard InChI is InChI=1S/C20H21N5O/c1-14(2)13-25-18(24-17-4-3-10-22-19(17)25)9-11-23-20(26)16-7-5-15(12-21)6-8-16/h3-8,10,14H,9,11,13H2,1-2H3,(H,23,26). The highest BCUT2D eigenvalue weighted by Gasteiger charge is 2.13. The van der Waals surface area contributed by atoms with Crippen LogP contribution in [0.15, 0.2) is 42.6 Å². The van der Waals surface area contributed by atoms with Gasteiger partial charge in [0.2, 0.25) is 0 Å². The summed E-state index contributed by atoms with van der Waals surface area (Å²) < 4.78 is 2.13. The molecule has 26 heavy (non-hydrogen) atoms. The van der Waals surface area contributed by atoms with E-state index in [1.54, 1.807) is 30.5 Å². The predicted molar refractivity (Wildman–Crippen MR) is 99.6 cm³/mol. The second-order valence-electron chi connectivity index (χ2n) is 6.57. The van der Waals surface area contributed by atoms with Crippen molar-refractivity contribution in [1.82, 2.24) is 19.9 Å². The van der Waals surface area contributed by atoms with Crippen LogP contribution in [-0.2, 0) is 13.0 Å². The van der Waals surface area contributed by atoms with Crippen molar-refractivity contribution in [2.75, 3.05) is 6.54 Å². The van der Waals surface area contributed by atoms with Gasteiger partial charge in [-0.15, -0.1) is 0 Å². The molecule has 0 spiro atoms. The van der Waals surface area contributed by atoms with Gasteiger partial charge in [-0.2, -0.15) is 5.26 Å². The zero-order chi connectivity index (χ0) is 18.5. The largest absolute Gasteiger partial charge is 0.352 e. The van der Waals surface area contributed by atoms with Crippen molar-refractivity contribution in [2.24, 2.45) is 5.92 Å². The molecule has 0 radical (unpaired) electrons. The van der Waals surface area contributed by atoms with Crippen molar-refractivity contribution in [3.8, 4) is 6.07 Å². The van der Waals surface area contributed by atoms with Gasteiger partial charge in [-0.1, -0.05) is 13.8 Å². The van der Waals surface area contributed by atoms with E-state index < -0.39 is 0 Å². The van der Waals surface area contributed by atoms with Crippen LogP contribution in [0.25, 0.3) is 11.2 Å². The van der Waals surface area contributed by atoms with Gasteiger partial charge >= 0.3 is 0 Å². The molecule has 3 rings (SSSR count). The summed E-state index contributed by atoms with van der Waals surface area (Å²) in [5.74, 6) is 1.24. The van der Waals surface area contributed by atoms with E-state index in [0.717, 1.165) is 23.5 Å². The van der Waals surface area contributed by atoms with E-state index in [4.69, 9.17) is 5.26 Å². The van der Waals surface area contributed by atoms with Crippen molar-refractivity contribution in [1.29, 1.82) is 5.26 Å². The minimum Gasteiger partial charge on any atom is -0.352 e. The lowest BCUT2D eigenvalue weighted by Crippen LogP contribution is -2.26. The molecule has 0 saturated heterocycles. The monoisotopic (exact) mass is 347 g/mol. The molecule has 132 valence electrons. The lowest BCUT2D eigenvalue weighted by Gasteiger charge is -2.11. The summed E-state index contributed by atoms with van der Waals surface area (Å²) in [4.78, 5) is 21.4.